The molecule has 0 spiro atoms. The maximum atomic E-state index is 13.1. The van der Waals surface area contributed by atoms with Gasteiger partial charge in [0.25, 0.3) is 11.8 Å². The highest BCUT2D eigenvalue weighted by molar-refractivity contribution is 6.21. The van der Waals surface area contributed by atoms with E-state index in [-0.39, 0.29) is 17.7 Å². The van der Waals surface area contributed by atoms with Crippen molar-refractivity contribution in [3.63, 3.8) is 0 Å². The molecule has 3 rings (SSSR count). The number of hydrogen-bond acceptors (Lipinski definition) is 3. The highest BCUT2D eigenvalue weighted by Crippen LogP contribution is 2.25. The molecule has 0 saturated heterocycles. The molecular weight excluding hydrogens is 266 g/mol. The zero-order valence-corrected chi connectivity index (χ0v) is 10.8. The van der Waals surface area contributed by atoms with Crippen LogP contribution in [0.25, 0.3) is 0 Å². The number of nitrogens with zero attached hydrogens (tertiary/aromatic N) is 1. The van der Waals surface area contributed by atoms with Gasteiger partial charge in [-0.1, -0.05) is 0 Å². The summed E-state index contributed by atoms with van der Waals surface area (Å²) in [6.07, 6.45) is 2.98. The molecule has 20 heavy (non-hydrogen) atoms. The van der Waals surface area contributed by atoms with Crippen molar-refractivity contribution in [3.05, 3.63) is 34.9 Å². The molecule has 0 aromatic heterocycles. The van der Waals surface area contributed by atoms with Crippen LogP contribution < -0.4 is 5.32 Å². The van der Waals surface area contributed by atoms with Gasteiger partial charge in [-0.2, -0.15) is 0 Å². The topological polar surface area (TPSA) is 49.4 Å². The first-order valence-corrected chi connectivity index (χ1v) is 6.66. The lowest BCUT2D eigenvalue weighted by atomic mass is 10.1. The Labute approximate surface area is 114 Å². The number of nitrogens with one attached hydrogen (secondary N) is 1. The van der Waals surface area contributed by atoms with Gasteiger partial charge in [0.1, 0.15) is 0 Å². The highest BCUT2D eigenvalue weighted by Gasteiger charge is 2.36. The molecule has 106 valence electrons. The first-order valence-electron chi connectivity index (χ1n) is 6.66. The van der Waals surface area contributed by atoms with Crippen LogP contribution in [0.2, 0.25) is 0 Å². The zero-order valence-electron chi connectivity index (χ0n) is 10.8. The lowest BCUT2D eigenvalue weighted by Crippen LogP contribution is -2.32. The Morgan fingerprint density at radius 2 is 1.65 bits per heavy atom. The van der Waals surface area contributed by atoms with E-state index in [2.05, 4.69) is 5.32 Å². The van der Waals surface area contributed by atoms with E-state index < -0.39 is 23.4 Å². The fourth-order valence-corrected chi connectivity index (χ4v) is 2.32. The van der Waals surface area contributed by atoms with Crippen molar-refractivity contribution in [1.82, 2.24) is 10.2 Å². The van der Waals surface area contributed by atoms with E-state index in [1.807, 2.05) is 0 Å². The second kappa shape index (κ2) is 4.94. The molecular formula is C14H14F2N2O2. The normalized spacial score (nSPS) is 17.8. The van der Waals surface area contributed by atoms with Gasteiger partial charge in [-0.25, -0.2) is 8.78 Å². The quantitative estimate of drug-likeness (QED) is 0.660. The van der Waals surface area contributed by atoms with Crippen LogP contribution in [0, 0.1) is 11.6 Å². The number of rotatable bonds is 5. The molecule has 0 bridgehead atoms. The summed E-state index contributed by atoms with van der Waals surface area (Å²) in [7, 11) is 0. The van der Waals surface area contributed by atoms with E-state index >= 15 is 0 Å². The number of carbonyl (C=O) groups is 2. The average Bonchev–Trinajstić information content (AvgIpc) is 3.21. The monoisotopic (exact) mass is 280 g/mol. The minimum atomic E-state index is -1.11. The average molecular weight is 280 g/mol. The van der Waals surface area contributed by atoms with Crippen molar-refractivity contribution in [2.75, 3.05) is 13.1 Å². The van der Waals surface area contributed by atoms with Gasteiger partial charge in [0, 0.05) is 12.6 Å². The Balaban J connectivity index is 1.68. The summed E-state index contributed by atoms with van der Waals surface area (Å²) in [5.74, 6) is -3.31. The largest absolute Gasteiger partial charge is 0.314 e. The molecule has 1 aliphatic heterocycles. The second-order valence-corrected chi connectivity index (χ2v) is 5.16. The van der Waals surface area contributed by atoms with Crippen LogP contribution in [0.3, 0.4) is 0 Å². The first kappa shape index (κ1) is 13.2. The third-order valence-electron chi connectivity index (χ3n) is 3.58. The molecule has 4 nitrogen and oxygen atoms in total. The summed E-state index contributed by atoms with van der Waals surface area (Å²) >= 11 is 0. The smallest absolute Gasteiger partial charge is 0.261 e. The number of imide groups is 1. The van der Waals surface area contributed by atoms with Crippen molar-refractivity contribution >= 4 is 11.8 Å². The van der Waals surface area contributed by atoms with Gasteiger partial charge in [0.05, 0.1) is 11.1 Å². The third kappa shape index (κ3) is 2.31. The molecule has 1 aliphatic carbocycles. The van der Waals surface area contributed by atoms with Gasteiger partial charge < -0.3 is 5.32 Å². The van der Waals surface area contributed by atoms with E-state index in [4.69, 9.17) is 0 Å². The molecule has 1 fully saturated rings. The van der Waals surface area contributed by atoms with Gasteiger partial charge in [0.15, 0.2) is 11.6 Å². The predicted octanol–water partition coefficient (Wildman–Crippen LogP) is 1.70. The molecule has 2 amide bonds. The number of fused-ring (bicyclic) bond motifs is 1. The van der Waals surface area contributed by atoms with Crippen LogP contribution in [0.5, 0.6) is 0 Å². The van der Waals surface area contributed by atoms with Gasteiger partial charge in [-0.15, -0.1) is 0 Å². The van der Waals surface area contributed by atoms with Crippen LogP contribution in [0.1, 0.15) is 40.0 Å². The Hall–Kier alpha value is -1.82. The van der Waals surface area contributed by atoms with Crippen molar-refractivity contribution in [2.24, 2.45) is 0 Å². The standard InChI is InChI=1S/C14H14F2N2O2/c15-11-6-9-10(7-12(11)16)14(20)18(13(9)19)5-1-4-17-8-2-3-8/h6-8,17H,1-5H2. The van der Waals surface area contributed by atoms with Crippen LogP contribution in [-0.2, 0) is 0 Å². The summed E-state index contributed by atoms with van der Waals surface area (Å²) in [6.45, 7) is 0.982. The molecule has 1 heterocycles. The van der Waals surface area contributed by atoms with Crippen molar-refractivity contribution in [1.29, 1.82) is 0 Å². The van der Waals surface area contributed by atoms with Crippen molar-refractivity contribution < 1.29 is 18.4 Å². The second-order valence-electron chi connectivity index (χ2n) is 5.16. The Morgan fingerprint density at radius 1 is 1.10 bits per heavy atom. The van der Waals surface area contributed by atoms with Gasteiger partial charge in [-0.3, -0.25) is 14.5 Å². The van der Waals surface area contributed by atoms with Gasteiger partial charge in [-0.05, 0) is 37.9 Å². The van der Waals surface area contributed by atoms with Crippen molar-refractivity contribution in [3.8, 4) is 0 Å². The van der Waals surface area contributed by atoms with E-state index in [0.29, 0.717) is 12.5 Å². The summed E-state index contributed by atoms with van der Waals surface area (Å²) in [4.78, 5) is 25.1. The Morgan fingerprint density at radius 3 is 2.15 bits per heavy atom. The first-order chi connectivity index (χ1) is 9.58. The maximum Gasteiger partial charge on any atom is 0.261 e. The van der Waals surface area contributed by atoms with Crippen LogP contribution >= 0.6 is 0 Å². The number of halogens is 2. The predicted molar refractivity (Wildman–Crippen MR) is 67.4 cm³/mol. The van der Waals surface area contributed by atoms with Crippen LogP contribution in [-0.4, -0.2) is 35.8 Å². The summed E-state index contributed by atoms with van der Waals surface area (Å²) < 4.78 is 26.3. The molecule has 0 atom stereocenters. The number of benzene rings is 1. The molecule has 2 aliphatic rings. The zero-order chi connectivity index (χ0) is 14.3. The molecule has 1 saturated carbocycles. The molecule has 1 aromatic carbocycles. The maximum absolute atomic E-state index is 13.1. The summed E-state index contributed by atoms with van der Waals surface area (Å²) in [5.41, 5.74) is -0.104. The number of hydrogen-bond donors (Lipinski definition) is 1. The molecule has 1 aromatic rings. The molecule has 1 N–H and O–H groups in total. The van der Waals surface area contributed by atoms with Gasteiger partial charge in [0.2, 0.25) is 0 Å². The van der Waals surface area contributed by atoms with E-state index in [0.717, 1.165) is 23.6 Å². The van der Waals surface area contributed by atoms with E-state index in [1.54, 1.807) is 0 Å². The van der Waals surface area contributed by atoms with E-state index in [9.17, 15) is 18.4 Å². The Kier molecular flexibility index (Phi) is 3.25. The summed E-state index contributed by atoms with van der Waals surface area (Å²) in [6, 6.07) is 2.17. The fourth-order valence-electron chi connectivity index (χ4n) is 2.32. The third-order valence-corrected chi connectivity index (χ3v) is 3.58. The van der Waals surface area contributed by atoms with Crippen LogP contribution in [0.4, 0.5) is 8.78 Å². The van der Waals surface area contributed by atoms with Gasteiger partial charge >= 0.3 is 0 Å². The molecule has 6 heteroatoms. The van der Waals surface area contributed by atoms with E-state index in [1.165, 1.54) is 12.8 Å². The molecule has 0 unspecified atom stereocenters. The number of amides is 2. The van der Waals surface area contributed by atoms with Crippen molar-refractivity contribution in [2.45, 2.75) is 25.3 Å². The minimum absolute atomic E-state index is 0.0518. The highest BCUT2D eigenvalue weighted by atomic mass is 19.2. The number of carbonyl (C=O) groups excluding carboxylic acids is 2. The summed E-state index contributed by atoms with van der Waals surface area (Å²) in [5, 5.41) is 3.28. The lowest BCUT2D eigenvalue weighted by molar-refractivity contribution is 0.0652. The van der Waals surface area contributed by atoms with Crippen LogP contribution in [0.15, 0.2) is 12.1 Å². The molecule has 0 radical (unpaired) electrons. The Bertz CT molecular complexity index is 544. The SMILES string of the molecule is O=C1c2cc(F)c(F)cc2C(=O)N1CCCNC1CC1. The minimum Gasteiger partial charge on any atom is -0.314 e. The fraction of sp³-hybridized carbons (Fsp3) is 0.429. The lowest BCUT2D eigenvalue weighted by Gasteiger charge is -2.13.